The molecule has 2 aliphatic rings. The molecule has 0 N–H and O–H groups in total. The molecule has 7 heteroatoms. The Hall–Kier alpha value is -1.50. The first kappa shape index (κ1) is 15.4. The van der Waals surface area contributed by atoms with Crippen LogP contribution in [0.4, 0.5) is 0 Å². The Morgan fingerprint density at radius 1 is 1.32 bits per heavy atom. The SMILES string of the molecule is CC(=O)N1CSCC1C(=O)N1CCCCC1Cn1cccn1. The minimum atomic E-state index is -0.291. The van der Waals surface area contributed by atoms with Gasteiger partial charge in [0, 0.05) is 31.6 Å². The molecule has 0 radical (unpaired) electrons. The van der Waals surface area contributed by atoms with Crippen molar-refractivity contribution >= 4 is 23.6 Å². The fourth-order valence-electron chi connectivity index (χ4n) is 3.25. The molecule has 0 saturated carbocycles. The second kappa shape index (κ2) is 6.73. The number of hydrogen-bond acceptors (Lipinski definition) is 4. The van der Waals surface area contributed by atoms with Crippen LogP contribution in [0.2, 0.25) is 0 Å². The van der Waals surface area contributed by atoms with Gasteiger partial charge in [-0.3, -0.25) is 14.3 Å². The molecular weight excluding hydrogens is 300 g/mol. The predicted molar refractivity (Wildman–Crippen MR) is 85.2 cm³/mol. The van der Waals surface area contributed by atoms with E-state index in [1.54, 1.807) is 29.8 Å². The van der Waals surface area contributed by atoms with Crippen molar-refractivity contribution in [1.29, 1.82) is 0 Å². The molecular formula is C15H22N4O2S. The summed E-state index contributed by atoms with van der Waals surface area (Å²) in [6.45, 7) is 3.07. The molecule has 2 amide bonds. The van der Waals surface area contributed by atoms with Gasteiger partial charge in [-0.15, -0.1) is 11.8 Å². The van der Waals surface area contributed by atoms with Crippen LogP contribution in [0.15, 0.2) is 18.5 Å². The van der Waals surface area contributed by atoms with Crippen LogP contribution in [-0.4, -0.2) is 61.7 Å². The Kier molecular flexibility index (Phi) is 4.71. The number of carbonyl (C=O) groups excluding carboxylic acids is 2. The summed E-state index contributed by atoms with van der Waals surface area (Å²) in [6, 6.07) is 1.79. The molecule has 0 bridgehead atoms. The molecule has 2 atom stereocenters. The van der Waals surface area contributed by atoms with Crippen molar-refractivity contribution in [3.8, 4) is 0 Å². The van der Waals surface area contributed by atoms with Crippen LogP contribution < -0.4 is 0 Å². The van der Waals surface area contributed by atoms with E-state index in [4.69, 9.17) is 0 Å². The van der Waals surface area contributed by atoms with Gasteiger partial charge in [-0.1, -0.05) is 0 Å². The van der Waals surface area contributed by atoms with Crippen molar-refractivity contribution in [3.05, 3.63) is 18.5 Å². The standard InChI is InChI=1S/C15H22N4O2S/c1-12(20)19-11-22-10-14(19)15(21)18-8-3-2-5-13(18)9-17-7-4-6-16-17/h4,6-7,13-14H,2-3,5,8-11H2,1H3. The van der Waals surface area contributed by atoms with E-state index < -0.39 is 0 Å². The molecule has 6 nitrogen and oxygen atoms in total. The van der Waals surface area contributed by atoms with Gasteiger partial charge in [-0.05, 0) is 25.3 Å². The number of nitrogens with zero attached hydrogens (tertiary/aromatic N) is 4. The first-order valence-electron chi connectivity index (χ1n) is 7.79. The van der Waals surface area contributed by atoms with E-state index in [1.165, 1.54) is 0 Å². The number of aromatic nitrogens is 2. The van der Waals surface area contributed by atoms with E-state index in [1.807, 2.05) is 21.8 Å². The minimum Gasteiger partial charge on any atom is -0.336 e. The Morgan fingerprint density at radius 3 is 2.91 bits per heavy atom. The third-order valence-corrected chi connectivity index (χ3v) is 5.45. The highest BCUT2D eigenvalue weighted by Crippen LogP contribution is 2.26. The molecule has 0 spiro atoms. The highest BCUT2D eigenvalue weighted by Gasteiger charge is 2.38. The van der Waals surface area contributed by atoms with Gasteiger partial charge in [0.2, 0.25) is 11.8 Å². The molecule has 120 valence electrons. The Morgan fingerprint density at radius 2 is 2.18 bits per heavy atom. The zero-order chi connectivity index (χ0) is 15.5. The summed E-state index contributed by atoms with van der Waals surface area (Å²) in [7, 11) is 0. The molecule has 22 heavy (non-hydrogen) atoms. The van der Waals surface area contributed by atoms with Crippen LogP contribution in [0, 0.1) is 0 Å². The Balaban J connectivity index is 1.72. The molecule has 2 aliphatic heterocycles. The van der Waals surface area contributed by atoms with Gasteiger partial charge in [0.15, 0.2) is 0 Å². The molecule has 1 aromatic heterocycles. The lowest BCUT2D eigenvalue weighted by atomic mass is 10.0. The second-order valence-corrected chi connectivity index (χ2v) is 6.91. The number of likely N-dealkylation sites (tertiary alicyclic amines) is 1. The molecule has 0 aliphatic carbocycles. The average molecular weight is 322 g/mol. The van der Waals surface area contributed by atoms with Crippen LogP contribution in [0.1, 0.15) is 26.2 Å². The Bertz CT molecular complexity index is 534. The molecule has 2 unspecified atom stereocenters. The third kappa shape index (κ3) is 3.14. The van der Waals surface area contributed by atoms with Crippen LogP contribution in [0.25, 0.3) is 0 Å². The number of hydrogen-bond donors (Lipinski definition) is 0. The maximum atomic E-state index is 12.9. The van der Waals surface area contributed by atoms with Crippen LogP contribution in [0.3, 0.4) is 0 Å². The number of piperidine rings is 1. The van der Waals surface area contributed by atoms with E-state index in [9.17, 15) is 9.59 Å². The van der Waals surface area contributed by atoms with E-state index in [0.717, 1.165) is 32.4 Å². The van der Waals surface area contributed by atoms with Gasteiger partial charge in [0.1, 0.15) is 6.04 Å². The monoisotopic (exact) mass is 322 g/mol. The Labute approximate surface area is 134 Å². The highest BCUT2D eigenvalue weighted by atomic mass is 32.2. The summed E-state index contributed by atoms with van der Waals surface area (Å²) >= 11 is 1.66. The largest absolute Gasteiger partial charge is 0.336 e. The number of rotatable bonds is 3. The first-order chi connectivity index (χ1) is 10.7. The highest BCUT2D eigenvalue weighted by molar-refractivity contribution is 7.99. The fourth-order valence-corrected chi connectivity index (χ4v) is 4.46. The smallest absolute Gasteiger partial charge is 0.246 e. The topological polar surface area (TPSA) is 58.4 Å². The van der Waals surface area contributed by atoms with Crippen LogP contribution >= 0.6 is 11.8 Å². The predicted octanol–water partition coefficient (Wildman–Crippen LogP) is 1.19. The van der Waals surface area contributed by atoms with Crippen molar-refractivity contribution in [1.82, 2.24) is 19.6 Å². The minimum absolute atomic E-state index is 0.0102. The lowest BCUT2D eigenvalue weighted by Crippen LogP contribution is -2.54. The van der Waals surface area contributed by atoms with Crippen LogP contribution in [-0.2, 0) is 16.1 Å². The average Bonchev–Trinajstić information content (AvgIpc) is 3.18. The summed E-state index contributed by atoms with van der Waals surface area (Å²) in [6.07, 6.45) is 6.89. The van der Waals surface area contributed by atoms with E-state index in [0.29, 0.717) is 11.6 Å². The van der Waals surface area contributed by atoms with Gasteiger partial charge in [0.05, 0.1) is 18.5 Å². The quantitative estimate of drug-likeness (QED) is 0.839. The van der Waals surface area contributed by atoms with E-state index in [2.05, 4.69) is 5.10 Å². The summed E-state index contributed by atoms with van der Waals surface area (Å²) in [5.74, 6) is 1.44. The second-order valence-electron chi connectivity index (χ2n) is 5.91. The van der Waals surface area contributed by atoms with Crippen molar-refractivity contribution in [2.45, 2.75) is 44.8 Å². The molecule has 2 fully saturated rings. The van der Waals surface area contributed by atoms with Gasteiger partial charge in [0.25, 0.3) is 0 Å². The van der Waals surface area contributed by atoms with Gasteiger partial charge in [-0.2, -0.15) is 5.10 Å². The van der Waals surface area contributed by atoms with Crippen LogP contribution in [0.5, 0.6) is 0 Å². The number of thioether (sulfide) groups is 1. The molecule has 2 saturated heterocycles. The van der Waals surface area contributed by atoms with Crippen molar-refractivity contribution in [3.63, 3.8) is 0 Å². The van der Waals surface area contributed by atoms with Gasteiger partial charge < -0.3 is 9.80 Å². The molecule has 3 heterocycles. The van der Waals surface area contributed by atoms with Crippen molar-refractivity contribution < 1.29 is 9.59 Å². The van der Waals surface area contributed by atoms with Gasteiger partial charge in [-0.25, -0.2) is 0 Å². The molecule has 1 aromatic rings. The summed E-state index contributed by atoms with van der Waals surface area (Å²) in [4.78, 5) is 28.3. The normalized spacial score (nSPS) is 25.5. The maximum absolute atomic E-state index is 12.9. The summed E-state index contributed by atoms with van der Waals surface area (Å²) in [5, 5.41) is 4.25. The van der Waals surface area contributed by atoms with Crippen molar-refractivity contribution in [2.75, 3.05) is 18.2 Å². The van der Waals surface area contributed by atoms with Crippen molar-refractivity contribution in [2.24, 2.45) is 0 Å². The number of amides is 2. The summed E-state index contributed by atoms with van der Waals surface area (Å²) in [5.41, 5.74) is 0. The van der Waals surface area contributed by atoms with E-state index in [-0.39, 0.29) is 23.9 Å². The maximum Gasteiger partial charge on any atom is 0.246 e. The first-order valence-corrected chi connectivity index (χ1v) is 8.95. The zero-order valence-electron chi connectivity index (χ0n) is 12.9. The lowest BCUT2D eigenvalue weighted by Gasteiger charge is -2.38. The fraction of sp³-hybridized carbons (Fsp3) is 0.667. The summed E-state index contributed by atoms with van der Waals surface area (Å²) < 4.78 is 1.89. The number of carbonyl (C=O) groups is 2. The molecule has 3 rings (SSSR count). The molecule has 0 aromatic carbocycles. The lowest BCUT2D eigenvalue weighted by molar-refractivity contribution is -0.145. The zero-order valence-corrected chi connectivity index (χ0v) is 13.7. The third-order valence-electron chi connectivity index (χ3n) is 4.44. The van der Waals surface area contributed by atoms with E-state index >= 15 is 0 Å². The van der Waals surface area contributed by atoms with Gasteiger partial charge >= 0.3 is 0 Å².